The predicted octanol–water partition coefficient (Wildman–Crippen LogP) is 4.86. The van der Waals surface area contributed by atoms with Crippen LogP contribution in [-0.2, 0) is 5.88 Å². The van der Waals surface area contributed by atoms with Gasteiger partial charge in [0.05, 0.1) is 5.88 Å². The summed E-state index contributed by atoms with van der Waals surface area (Å²) in [6.07, 6.45) is -3.63. The normalized spacial score (nSPS) is 11.7. The Bertz CT molecular complexity index is 393. The van der Waals surface area contributed by atoms with Gasteiger partial charge in [0.15, 0.2) is 0 Å². The third-order valence-corrected chi connectivity index (χ3v) is 3.05. The lowest BCUT2D eigenvalue weighted by atomic mass is 10.1. The lowest BCUT2D eigenvalue weighted by Gasteiger charge is -2.27. The number of rotatable bonds is 5. The van der Waals surface area contributed by atoms with E-state index < -0.39 is 12.7 Å². The highest BCUT2D eigenvalue weighted by atomic mass is 35.5. The van der Waals surface area contributed by atoms with E-state index in [1.165, 1.54) is 4.90 Å². The molecule has 0 aliphatic carbocycles. The topological polar surface area (TPSA) is 3.24 Å². The van der Waals surface area contributed by atoms with Crippen LogP contribution in [0.25, 0.3) is 0 Å². The summed E-state index contributed by atoms with van der Waals surface area (Å²) in [4.78, 5) is 1.27. The van der Waals surface area contributed by atoms with Gasteiger partial charge in [0.2, 0.25) is 0 Å². The second-order valence-corrected chi connectivity index (χ2v) is 4.58. The van der Waals surface area contributed by atoms with Crippen molar-refractivity contribution in [3.05, 3.63) is 28.8 Å². The lowest BCUT2D eigenvalue weighted by molar-refractivity contribution is -0.119. The summed E-state index contributed by atoms with van der Waals surface area (Å²) >= 11 is 11.7. The SMILES string of the molecule is CCCN(CC(F)(F)F)c1cccc(Cl)c1CCl. The van der Waals surface area contributed by atoms with E-state index in [4.69, 9.17) is 23.2 Å². The molecule has 0 aliphatic heterocycles. The van der Waals surface area contributed by atoms with Crippen LogP contribution in [0.15, 0.2) is 18.2 Å². The van der Waals surface area contributed by atoms with Gasteiger partial charge in [0.1, 0.15) is 6.54 Å². The number of halogens is 5. The van der Waals surface area contributed by atoms with Crippen LogP contribution in [0.1, 0.15) is 18.9 Å². The molecule has 0 amide bonds. The largest absolute Gasteiger partial charge is 0.405 e. The van der Waals surface area contributed by atoms with Crippen molar-refractivity contribution >= 4 is 28.9 Å². The van der Waals surface area contributed by atoms with Crippen LogP contribution in [0.4, 0.5) is 18.9 Å². The Hall–Kier alpha value is -0.610. The third-order valence-electron chi connectivity index (χ3n) is 2.43. The van der Waals surface area contributed by atoms with Crippen molar-refractivity contribution in [2.24, 2.45) is 0 Å². The fourth-order valence-corrected chi connectivity index (χ4v) is 2.33. The minimum Gasteiger partial charge on any atom is -0.362 e. The van der Waals surface area contributed by atoms with Crippen LogP contribution in [0.3, 0.4) is 0 Å². The summed E-state index contributed by atoms with van der Waals surface area (Å²) in [5.74, 6) is 0.0904. The first-order valence-electron chi connectivity index (χ1n) is 5.54. The molecular formula is C12H14Cl2F3N. The molecule has 0 aromatic heterocycles. The van der Waals surface area contributed by atoms with E-state index in [1.807, 2.05) is 6.92 Å². The molecule has 0 aliphatic rings. The number of hydrogen-bond acceptors (Lipinski definition) is 1. The number of anilines is 1. The fraction of sp³-hybridized carbons (Fsp3) is 0.500. The standard InChI is InChI=1S/C12H14Cl2F3N/c1-2-6-18(8-12(15,16)17)11-5-3-4-10(14)9(11)7-13/h3-5H,2,6-8H2,1H3. The molecule has 102 valence electrons. The first-order valence-corrected chi connectivity index (χ1v) is 6.45. The first-order chi connectivity index (χ1) is 8.39. The zero-order chi connectivity index (χ0) is 13.8. The van der Waals surface area contributed by atoms with Gasteiger partial charge in [-0.1, -0.05) is 24.6 Å². The minimum atomic E-state index is -4.25. The highest BCUT2D eigenvalue weighted by molar-refractivity contribution is 6.32. The van der Waals surface area contributed by atoms with Gasteiger partial charge < -0.3 is 4.90 Å². The van der Waals surface area contributed by atoms with Gasteiger partial charge in [-0.15, -0.1) is 11.6 Å². The summed E-state index contributed by atoms with van der Waals surface area (Å²) in [6.45, 7) is 1.14. The van der Waals surface area contributed by atoms with Crippen molar-refractivity contribution in [1.29, 1.82) is 0 Å². The molecule has 0 saturated carbocycles. The summed E-state index contributed by atoms with van der Waals surface area (Å²) < 4.78 is 37.6. The smallest absolute Gasteiger partial charge is 0.362 e. The Labute approximate surface area is 114 Å². The molecule has 1 nitrogen and oxygen atoms in total. The quantitative estimate of drug-likeness (QED) is 0.702. The van der Waals surface area contributed by atoms with Crippen molar-refractivity contribution in [3.8, 4) is 0 Å². The summed E-state index contributed by atoms with van der Waals surface area (Å²) in [7, 11) is 0. The molecule has 1 aromatic carbocycles. The summed E-state index contributed by atoms with van der Waals surface area (Å²) in [5.41, 5.74) is 0.996. The van der Waals surface area contributed by atoms with Gasteiger partial charge in [-0.05, 0) is 18.6 Å². The zero-order valence-electron chi connectivity index (χ0n) is 9.90. The van der Waals surface area contributed by atoms with Gasteiger partial charge in [-0.2, -0.15) is 13.2 Å². The average molecular weight is 300 g/mol. The molecule has 0 spiro atoms. The van der Waals surface area contributed by atoms with E-state index in [-0.39, 0.29) is 5.88 Å². The third kappa shape index (κ3) is 4.25. The van der Waals surface area contributed by atoms with E-state index in [2.05, 4.69) is 0 Å². The van der Waals surface area contributed by atoms with Crippen LogP contribution in [0, 0.1) is 0 Å². The maximum Gasteiger partial charge on any atom is 0.405 e. The maximum atomic E-state index is 12.5. The Morgan fingerprint density at radius 1 is 1.28 bits per heavy atom. The van der Waals surface area contributed by atoms with E-state index >= 15 is 0 Å². The van der Waals surface area contributed by atoms with Gasteiger partial charge in [0, 0.05) is 22.8 Å². The Kier molecular flexibility index (Phi) is 5.60. The lowest BCUT2D eigenvalue weighted by Crippen LogP contribution is -2.35. The summed E-state index contributed by atoms with van der Waals surface area (Å²) in [5, 5.41) is 0.394. The molecule has 0 bridgehead atoms. The molecule has 0 saturated heterocycles. The molecule has 0 N–H and O–H groups in total. The van der Waals surface area contributed by atoms with E-state index in [0.29, 0.717) is 29.2 Å². The van der Waals surface area contributed by atoms with E-state index in [0.717, 1.165) is 0 Å². The molecule has 18 heavy (non-hydrogen) atoms. The molecule has 6 heteroatoms. The Morgan fingerprint density at radius 3 is 2.44 bits per heavy atom. The van der Waals surface area contributed by atoms with Crippen molar-refractivity contribution < 1.29 is 13.2 Å². The molecule has 0 heterocycles. The zero-order valence-corrected chi connectivity index (χ0v) is 11.4. The van der Waals surface area contributed by atoms with Gasteiger partial charge in [-0.25, -0.2) is 0 Å². The second kappa shape index (κ2) is 6.53. The Balaban J connectivity index is 3.09. The van der Waals surface area contributed by atoms with Crippen LogP contribution < -0.4 is 4.90 Å². The highest BCUT2D eigenvalue weighted by Crippen LogP contribution is 2.31. The summed E-state index contributed by atoms with van der Waals surface area (Å²) in [6, 6.07) is 4.87. The van der Waals surface area contributed by atoms with Gasteiger partial charge >= 0.3 is 6.18 Å². The Morgan fingerprint density at radius 2 is 1.94 bits per heavy atom. The van der Waals surface area contributed by atoms with E-state index in [1.54, 1.807) is 18.2 Å². The van der Waals surface area contributed by atoms with Crippen LogP contribution in [0.5, 0.6) is 0 Å². The molecule has 1 rings (SSSR count). The monoisotopic (exact) mass is 299 g/mol. The van der Waals surface area contributed by atoms with E-state index in [9.17, 15) is 13.2 Å². The van der Waals surface area contributed by atoms with Gasteiger partial charge in [0.25, 0.3) is 0 Å². The number of hydrogen-bond donors (Lipinski definition) is 0. The minimum absolute atomic E-state index is 0.0904. The van der Waals surface area contributed by atoms with Crippen LogP contribution in [-0.4, -0.2) is 19.3 Å². The molecular weight excluding hydrogens is 286 g/mol. The van der Waals surface area contributed by atoms with Gasteiger partial charge in [-0.3, -0.25) is 0 Å². The molecule has 0 unspecified atom stereocenters. The van der Waals surface area contributed by atoms with Crippen molar-refractivity contribution in [2.75, 3.05) is 18.0 Å². The molecule has 0 fully saturated rings. The second-order valence-electron chi connectivity index (χ2n) is 3.91. The van der Waals surface area contributed by atoms with Crippen molar-refractivity contribution in [3.63, 3.8) is 0 Å². The van der Waals surface area contributed by atoms with Crippen molar-refractivity contribution in [1.82, 2.24) is 0 Å². The van der Waals surface area contributed by atoms with Crippen LogP contribution in [0.2, 0.25) is 5.02 Å². The number of alkyl halides is 4. The van der Waals surface area contributed by atoms with Crippen molar-refractivity contribution in [2.45, 2.75) is 25.4 Å². The number of benzene rings is 1. The fourth-order valence-electron chi connectivity index (χ4n) is 1.75. The molecule has 1 aromatic rings. The highest BCUT2D eigenvalue weighted by Gasteiger charge is 2.31. The maximum absolute atomic E-state index is 12.5. The average Bonchev–Trinajstić information content (AvgIpc) is 2.26. The molecule has 0 radical (unpaired) electrons. The number of nitrogens with zero attached hydrogens (tertiary/aromatic N) is 1. The predicted molar refractivity (Wildman–Crippen MR) is 69.6 cm³/mol. The molecule has 0 atom stereocenters. The van der Waals surface area contributed by atoms with Crippen LogP contribution >= 0.6 is 23.2 Å². The first kappa shape index (κ1) is 15.4.